The molecule has 3 nitrogen and oxygen atoms in total. The van der Waals surface area contributed by atoms with Gasteiger partial charge in [0.1, 0.15) is 12.4 Å². The Labute approximate surface area is 108 Å². The summed E-state index contributed by atoms with van der Waals surface area (Å²) in [6, 6.07) is 8.23. The number of hydrogen-bond acceptors (Lipinski definition) is 3. The third-order valence-electron chi connectivity index (χ3n) is 2.93. The maximum Gasteiger partial charge on any atom is 0.123 e. The highest BCUT2D eigenvalue weighted by Gasteiger charge is 2.14. The van der Waals surface area contributed by atoms with E-state index in [9.17, 15) is 0 Å². The number of ether oxygens (including phenoxy) is 1. The fourth-order valence-corrected chi connectivity index (χ4v) is 2.19. The highest BCUT2D eigenvalue weighted by molar-refractivity contribution is 7.80. The Bertz CT molecular complexity index is 395. The van der Waals surface area contributed by atoms with Gasteiger partial charge in [0.15, 0.2) is 0 Å². The highest BCUT2D eigenvalue weighted by Crippen LogP contribution is 2.22. The lowest BCUT2D eigenvalue weighted by atomic mass is 10.2. The van der Waals surface area contributed by atoms with Gasteiger partial charge in [0.25, 0.3) is 0 Å². The second-order valence-corrected chi connectivity index (χ2v) is 4.83. The third-order valence-corrected chi connectivity index (χ3v) is 3.13. The van der Waals surface area contributed by atoms with Gasteiger partial charge in [-0.25, -0.2) is 0 Å². The predicted molar refractivity (Wildman–Crippen MR) is 73.2 cm³/mol. The van der Waals surface area contributed by atoms with Gasteiger partial charge < -0.3 is 10.5 Å². The SMILES string of the molecule is NC(=S)CCCN1CCOc2ccccc2C1. The number of benzene rings is 1. The number of para-hydroxylation sites is 1. The first-order valence-corrected chi connectivity index (χ1v) is 6.38. The van der Waals surface area contributed by atoms with Crippen LogP contribution in [0.3, 0.4) is 0 Å². The summed E-state index contributed by atoms with van der Waals surface area (Å²) in [4.78, 5) is 3.00. The zero-order chi connectivity index (χ0) is 12.1. The molecule has 0 aromatic heterocycles. The van der Waals surface area contributed by atoms with Gasteiger partial charge in [-0.05, 0) is 25.5 Å². The molecule has 1 heterocycles. The fourth-order valence-electron chi connectivity index (χ4n) is 2.05. The molecule has 0 saturated carbocycles. The van der Waals surface area contributed by atoms with E-state index < -0.39 is 0 Å². The van der Waals surface area contributed by atoms with E-state index in [2.05, 4.69) is 17.0 Å². The first kappa shape index (κ1) is 12.3. The minimum atomic E-state index is 0.608. The second kappa shape index (κ2) is 5.98. The van der Waals surface area contributed by atoms with Crippen LogP contribution in [0.5, 0.6) is 5.75 Å². The minimum Gasteiger partial charge on any atom is -0.492 e. The Morgan fingerprint density at radius 1 is 1.41 bits per heavy atom. The van der Waals surface area contributed by atoms with Crippen LogP contribution in [0.2, 0.25) is 0 Å². The quantitative estimate of drug-likeness (QED) is 0.829. The molecule has 17 heavy (non-hydrogen) atoms. The van der Waals surface area contributed by atoms with Crippen molar-refractivity contribution in [1.82, 2.24) is 4.90 Å². The molecule has 0 aliphatic carbocycles. The fraction of sp³-hybridized carbons (Fsp3) is 0.462. The largest absolute Gasteiger partial charge is 0.492 e. The van der Waals surface area contributed by atoms with E-state index >= 15 is 0 Å². The first-order chi connectivity index (χ1) is 8.25. The third kappa shape index (κ3) is 3.68. The van der Waals surface area contributed by atoms with Crippen LogP contribution < -0.4 is 10.5 Å². The number of nitrogens with two attached hydrogens (primary N) is 1. The van der Waals surface area contributed by atoms with Gasteiger partial charge in [0, 0.05) is 18.7 Å². The van der Waals surface area contributed by atoms with Crippen LogP contribution in [-0.2, 0) is 6.54 Å². The number of hydrogen-bond donors (Lipinski definition) is 1. The summed E-state index contributed by atoms with van der Waals surface area (Å²) < 4.78 is 5.71. The van der Waals surface area contributed by atoms with Crippen molar-refractivity contribution in [3.8, 4) is 5.75 Å². The molecule has 2 rings (SSSR count). The zero-order valence-corrected chi connectivity index (χ0v) is 10.7. The van der Waals surface area contributed by atoms with E-state index in [1.165, 1.54) is 5.56 Å². The maximum absolute atomic E-state index is 5.71. The molecule has 1 aliphatic heterocycles. The number of rotatable bonds is 4. The molecule has 1 aliphatic rings. The summed E-state index contributed by atoms with van der Waals surface area (Å²) in [5, 5.41) is 0. The normalized spacial score (nSPS) is 15.8. The van der Waals surface area contributed by atoms with Gasteiger partial charge in [0.05, 0.1) is 4.99 Å². The smallest absolute Gasteiger partial charge is 0.123 e. The van der Waals surface area contributed by atoms with Gasteiger partial charge in [-0.1, -0.05) is 30.4 Å². The van der Waals surface area contributed by atoms with Gasteiger partial charge in [-0.15, -0.1) is 0 Å². The Morgan fingerprint density at radius 3 is 3.06 bits per heavy atom. The van der Waals surface area contributed by atoms with E-state index in [1.54, 1.807) is 0 Å². The Morgan fingerprint density at radius 2 is 2.24 bits per heavy atom. The molecule has 0 fully saturated rings. The van der Waals surface area contributed by atoms with Crippen molar-refractivity contribution < 1.29 is 4.74 Å². The molecule has 0 saturated heterocycles. The van der Waals surface area contributed by atoms with Crippen LogP contribution in [0, 0.1) is 0 Å². The Balaban J connectivity index is 1.91. The lowest BCUT2D eigenvalue weighted by Crippen LogP contribution is -2.27. The summed E-state index contributed by atoms with van der Waals surface area (Å²) in [6.07, 6.45) is 1.85. The average molecular weight is 250 g/mol. The van der Waals surface area contributed by atoms with Crippen molar-refractivity contribution in [3.63, 3.8) is 0 Å². The molecule has 4 heteroatoms. The molecule has 0 amide bonds. The van der Waals surface area contributed by atoms with Crippen molar-refractivity contribution in [2.75, 3.05) is 19.7 Å². The topological polar surface area (TPSA) is 38.5 Å². The van der Waals surface area contributed by atoms with Gasteiger partial charge in [-0.2, -0.15) is 0 Å². The maximum atomic E-state index is 5.71. The monoisotopic (exact) mass is 250 g/mol. The van der Waals surface area contributed by atoms with E-state index in [1.807, 2.05) is 12.1 Å². The molecule has 1 aromatic rings. The van der Waals surface area contributed by atoms with E-state index in [-0.39, 0.29) is 0 Å². The molecular formula is C13H18N2OS. The summed E-state index contributed by atoms with van der Waals surface area (Å²) in [5.74, 6) is 1.02. The van der Waals surface area contributed by atoms with Crippen molar-refractivity contribution in [1.29, 1.82) is 0 Å². The van der Waals surface area contributed by atoms with Gasteiger partial charge in [-0.3, -0.25) is 4.90 Å². The standard InChI is InChI=1S/C13H18N2OS/c14-13(17)6-3-7-15-8-9-16-12-5-2-1-4-11(12)10-15/h1-2,4-5H,3,6-10H2,(H2,14,17). The van der Waals surface area contributed by atoms with Gasteiger partial charge >= 0.3 is 0 Å². The molecule has 0 radical (unpaired) electrons. The van der Waals surface area contributed by atoms with Crippen molar-refractivity contribution in [3.05, 3.63) is 29.8 Å². The number of nitrogens with zero attached hydrogens (tertiary/aromatic N) is 1. The van der Waals surface area contributed by atoms with Crippen molar-refractivity contribution in [2.24, 2.45) is 5.73 Å². The highest BCUT2D eigenvalue weighted by atomic mass is 32.1. The first-order valence-electron chi connectivity index (χ1n) is 5.97. The molecular weight excluding hydrogens is 232 g/mol. The van der Waals surface area contributed by atoms with Gasteiger partial charge in [0.2, 0.25) is 0 Å². The van der Waals surface area contributed by atoms with Crippen LogP contribution >= 0.6 is 12.2 Å². The van der Waals surface area contributed by atoms with Crippen LogP contribution in [-0.4, -0.2) is 29.6 Å². The lowest BCUT2D eigenvalue weighted by Gasteiger charge is -2.18. The Hall–Kier alpha value is -1.13. The summed E-state index contributed by atoms with van der Waals surface area (Å²) in [5.41, 5.74) is 6.77. The Kier molecular flexibility index (Phi) is 4.34. The molecule has 1 aromatic carbocycles. The average Bonchev–Trinajstić information content (AvgIpc) is 2.50. The van der Waals surface area contributed by atoms with E-state index in [0.717, 1.165) is 44.8 Å². The van der Waals surface area contributed by atoms with Crippen LogP contribution in [0.4, 0.5) is 0 Å². The zero-order valence-electron chi connectivity index (χ0n) is 9.89. The molecule has 2 N–H and O–H groups in total. The van der Waals surface area contributed by atoms with Crippen LogP contribution in [0.25, 0.3) is 0 Å². The number of thiocarbonyl (C=S) groups is 1. The molecule has 0 unspecified atom stereocenters. The lowest BCUT2D eigenvalue weighted by molar-refractivity contribution is 0.225. The van der Waals surface area contributed by atoms with E-state index in [4.69, 9.17) is 22.7 Å². The van der Waals surface area contributed by atoms with Crippen molar-refractivity contribution in [2.45, 2.75) is 19.4 Å². The molecule has 0 atom stereocenters. The molecule has 92 valence electrons. The van der Waals surface area contributed by atoms with E-state index in [0.29, 0.717) is 4.99 Å². The predicted octanol–water partition coefficient (Wildman–Crippen LogP) is 1.95. The van der Waals surface area contributed by atoms with Crippen molar-refractivity contribution >= 4 is 17.2 Å². The summed E-state index contributed by atoms with van der Waals surface area (Å²) in [7, 11) is 0. The van der Waals surface area contributed by atoms with Crippen LogP contribution in [0.1, 0.15) is 18.4 Å². The second-order valence-electron chi connectivity index (χ2n) is 4.30. The van der Waals surface area contributed by atoms with Crippen LogP contribution in [0.15, 0.2) is 24.3 Å². The summed E-state index contributed by atoms with van der Waals surface area (Å²) in [6.45, 7) is 3.69. The minimum absolute atomic E-state index is 0.608. The summed E-state index contributed by atoms with van der Waals surface area (Å²) >= 11 is 4.89. The molecule has 0 bridgehead atoms. The molecule has 0 spiro atoms. The number of fused-ring (bicyclic) bond motifs is 1.